The number of nitrogens with two attached hydrogens (primary N) is 1. The Labute approximate surface area is 165 Å². The molecule has 7 nitrogen and oxygen atoms in total. The standard InChI is InChI=1S/C21H30N4O3/c1-4-6-13-24-18(22)17(19(26)23-21(24)28)25(20(27)15(3)10-5-2)14-16-11-8-7-9-12-16/h7-9,11-12,15H,4-6,10,13-14,22H2,1-3H3,(H,23,26,28). The molecule has 0 aliphatic rings. The van der Waals surface area contributed by atoms with Gasteiger partial charge in [-0.1, -0.05) is 63.9 Å². The van der Waals surface area contributed by atoms with Crippen LogP contribution in [-0.4, -0.2) is 15.5 Å². The SMILES string of the molecule is CCCCn1c(N)c(N(Cc2ccccc2)C(=O)C(C)CCC)c(=O)[nH]c1=O. The molecule has 1 unspecified atom stereocenters. The number of aromatic nitrogens is 2. The van der Waals surface area contributed by atoms with E-state index in [9.17, 15) is 14.4 Å². The zero-order chi connectivity index (χ0) is 20.7. The second kappa shape index (κ2) is 9.92. The Morgan fingerprint density at radius 1 is 1.18 bits per heavy atom. The van der Waals surface area contributed by atoms with Crippen LogP contribution in [-0.2, 0) is 17.9 Å². The minimum atomic E-state index is -0.636. The summed E-state index contributed by atoms with van der Waals surface area (Å²) < 4.78 is 1.34. The van der Waals surface area contributed by atoms with Crippen LogP contribution in [0.15, 0.2) is 39.9 Å². The molecular weight excluding hydrogens is 356 g/mol. The molecule has 1 aromatic heterocycles. The van der Waals surface area contributed by atoms with Gasteiger partial charge in [0.2, 0.25) is 5.91 Å². The topological polar surface area (TPSA) is 101 Å². The lowest BCUT2D eigenvalue weighted by Gasteiger charge is -2.27. The van der Waals surface area contributed by atoms with Gasteiger partial charge in [-0.3, -0.25) is 24.0 Å². The number of amides is 1. The van der Waals surface area contributed by atoms with Crippen LogP contribution in [0.3, 0.4) is 0 Å². The van der Waals surface area contributed by atoms with Gasteiger partial charge in [0.25, 0.3) is 5.56 Å². The molecule has 0 aliphatic heterocycles. The van der Waals surface area contributed by atoms with Crippen molar-refractivity contribution in [3.8, 4) is 0 Å². The van der Waals surface area contributed by atoms with Crippen LogP contribution >= 0.6 is 0 Å². The van der Waals surface area contributed by atoms with Crippen molar-refractivity contribution in [2.24, 2.45) is 5.92 Å². The summed E-state index contributed by atoms with van der Waals surface area (Å²) in [5.74, 6) is -0.401. The molecule has 0 spiro atoms. The van der Waals surface area contributed by atoms with Gasteiger partial charge in [-0.25, -0.2) is 4.79 Å². The number of carbonyl (C=O) groups is 1. The molecule has 1 amide bonds. The summed E-state index contributed by atoms with van der Waals surface area (Å²) in [7, 11) is 0. The van der Waals surface area contributed by atoms with Crippen molar-refractivity contribution in [2.45, 2.75) is 59.5 Å². The predicted molar refractivity (Wildman–Crippen MR) is 112 cm³/mol. The van der Waals surface area contributed by atoms with E-state index in [2.05, 4.69) is 4.98 Å². The first-order valence-electron chi connectivity index (χ1n) is 9.88. The Bertz CT molecular complexity index is 902. The number of aromatic amines is 1. The highest BCUT2D eigenvalue weighted by Gasteiger charge is 2.27. The Morgan fingerprint density at radius 2 is 1.86 bits per heavy atom. The van der Waals surface area contributed by atoms with E-state index in [0.717, 1.165) is 24.8 Å². The lowest BCUT2D eigenvalue weighted by Crippen LogP contribution is -2.42. The van der Waals surface area contributed by atoms with Gasteiger partial charge in [-0.05, 0) is 18.4 Å². The second-order valence-corrected chi connectivity index (χ2v) is 7.10. The Morgan fingerprint density at radius 3 is 2.46 bits per heavy atom. The molecule has 0 radical (unpaired) electrons. The quantitative estimate of drug-likeness (QED) is 0.692. The molecule has 2 aromatic rings. The van der Waals surface area contributed by atoms with Crippen LogP contribution in [0.2, 0.25) is 0 Å². The molecule has 3 N–H and O–H groups in total. The van der Waals surface area contributed by atoms with Crippen molar-refractivity contribution >= 4 is 17.4 Å². The molecule has 152 valence electrons. The fourth-order valence-corrected chi connectivity index (χ4v) is 3.23. The Kier molecular flexibility index (Phi) is 7.61. The fourth-order valence-electron chi connectivity index (χ4n) is 3.23. The molecule has 0 saturated heterocycles. The highest BCUT2D eigenvalue weighted by molar-refractivity contribution is 5.96. The largest absolute Gasteiger partial charge is 0.383 e. The summed E-state index contributed by atoms with van der Waals surface area (Å²) in [6.07, 6.45) is 3.18. The number of unbranched alkanes of at least 4 members (excludes halogenated alkanes) is 1. The van der Waals surface area contributed by atoms with Crippen molar-refractivity contribution in [2.75, 3.05) is 10.6 Å². The first-order valence-corrected chi connectivity index (χ1v) is 9.88. The van der Waals surface area contributed by atoms with E-state index >= 15 is 0 Å². The zero-order valence-corrected chi connectivity index (χ0v) is 16.9. The number of benzene rings is 1. The maximum atomic E-state index is 13.2. The van der Waals surface area contributed by atoms with Crippen molar-refractivity contribution in [1.82, 2.24) is 9.55 Å². The van der Waals surface area contributed by atoms with E-state index in [1.54, 1.807) is 0 Å². The molecule has 0 fully saturated rings. The normalized spacial score (nSPS) is 12.0. The summed E-state index contributed by atoms with van der Waals surface area (Å²) >= 11 is 0. The number of hydrogen-bond acceptors (Lipinski definition) is 4. The average molecular weight is 386 g/mol. The van der Waals surface area contributed by atoms with Gasteiger partial charge in [-0.15, -0.1) is 0 Å². The Balaban J connectivity index is 2.57. The fraction of sp³-hybridized carbons (Fsp3) is 0.476. The van der Waals surface area contributed by atoms with Crippen LogP contribution < -0.4 is 21.9 Å². The number of nitrogen functional groups attached to an aromatic ring is 1. The molecule has 0 saturated carbocycles. The van der Waals surface area contributed by atoms with Crippen molar-refractivity contribution in [3.63, 3.8) is 0 Å². The smallest absolute Gasteiger partial charge is 0.330 e. The minimum absolute atomic E-state index is 0.0372. The molecule has 1 aromatic carbocycles. The third-order valence-corrected chi connectivity index (χ3v) is 4.81. The van der Waals surface area contributed by atoms with Gasteiger partial charge in [0, 0.05) is 12.5 Å². The second-order valence-electron chi connectivity index (χ2n) is 7.10. The van der Waals surface area contributed by atoms with Gasteiger partial charge >= 0.3 is 5.69 Å². The first-order chi connectivity index (χ1) is 13.4. The molecule has 0 aliphatic carbocycles. The molecule has 1 atom stereocenters. The van der Waals surface area contributed by atoms with Crippen LogP contribution in [0.4, 0.5) is 11.5 Å². The van der Waals surface area contributed by atoms with Gasteiger partial charge in [0.15, 0.2) is 5.69 Å². The van der Waals surface area contributed by atoms with E-state index in [1.807, 2.05) is 51.1 Å². The number of hydrogen-bond donors (Lipinski definition) is 2. The third kappa shape index (κ3) is 4.91. The summed E-state index contributed by atoms with van der Waals surface area (Å²) in [4.78, 5) is 41.8. The van der Waals surface area contributed by atoms with Crippen molar-refractivity contribution < 1.29 is 4.79 Å². The number of nitrogens with zero attached hydrogens (tertiary/aromatic N) is 2. The van der Waals surface area contributed by atoms with E-state index in [0.29, 0.717) is 13.0 Å². The molecular formula is C21H30N4O3. The van der Waals surface area contributed by atoms with Crippen LogP contribution in [0.25, 0.3) is 0 Å². The summed E-state index contributed by atoms with van der Waals surface area (Å²) in [6, 6.07) is 9.43. The van der Waals surface area contributed by atoms with E-state index in [4.69, 9.17) is 5.73 Å². The van der Waals surface area contributed by atoms with E-state index in [1.165, 1.54) is 9.47 Å². The van der Waals surface area contributed by atoms with Gasteiger partial charge in [0.1, 0.15) is 5.82 Å². The van der Waals surface area contributed by atoms with Crippen LogP contribution in [0.1, 0.15) is 52.0 Å². The Hall–Kier alpha value is -2.83. The molecule has 0 bridgehead atoms. The summed E-state index contributed by atoms with van der Waals surface area (Å²) in [5, 5.41) is 0. The highest BCUT2D eigenvalue weighted by Crippen LogP contribution is 2.23. The average Bonchev–Trinajstić information content (AvgIpc) is 2.67. The van der Waals surface area contributed by atoms with Crippen molar-refractivity contribution in [1.29, 1.82) is 0 Å². The predicted octanol–water partition coefficient (Wildman–Crippen LogP) is 2.89. The number of carbonyl (C=O) groups excluding carboxylic acids is 1. The third-order valence-electron chi connectivity index (χ3n) is 4.81. The highest BCUT2D eigenvalue weighted by atomic mass is 16.2. The monoisotopic (exact) mass is 386 g/mol. The maximum Gasteiger partial charge on any atom is 0.330 e. The van der Waals surface area contributed by atoms with Gasteiger partial charge in [0.05, 0.1) is 6.54 Å². The summed E-state index contributed by atoms with van der Waals surface area (Å²) in [5.41, 5.74) is 5.99. The molecule has 2 rings (SSSR count). The van der Waals surface area contributed by atoms with Crippen LogP contribution in [0, 0.1) is 5.92 Å². The maximum absolute atomic E-state index is 13.2. The molecule has 1 heterocycles. The number of H-pyrrole nitrogens is 1. The number of nitrogens with one attached hydrogen (secondary N) is 1. The first kappa shape index (κ1) is 21.5. The zero-order valence-electron chi connectivity index (χ0n) is 16.9. The molecule has 7 heteroatoms. The van der Waals surface area contributed by atoms with Gasteiger partial charge < -0.3 is 5.73 Å². The lowest BCUT2D eigenvalue weighted by atomic mass is 10.0. The number of anilines is 2. The number of rotatable bonds is 9. The summed E-state index contributed by atoms with van der Waals surface area (Å²) in [6.45, 7) is 6.47. The van der Waals surface area contributed by atoms with E-state index in [-0.39, 0.29) is 29.9 Å². The minimum Gasteiger partial charge on any atom is -0.383 e. The van der Waals surface area contributed by atoms with Gasteiger partial charge in [-0.2, -0.15) is 0 Å². The van der Waals surface area contributed by atoms with Crippen molar-refractivity contribution in [3.05, 3.63) is 56.7 Å². The lowest BCUT2D eigenvalue weighted by molar-refractivity contribution is -0.122. The van der Waals surface area contributed by atoms with E-state index < -0.39 is 11.2 Å². The van der Waals surface area contributed by atoms with Crippen LogP contribution in [0.5, 0.6) is 0 Å². The molecule has 28 heavy (non-hydrogen) atoms.